The van der Waals surface area contributed by atoms with Crippen molar-refractivity contribution in [1.82, 2.24) is 14.8 Å². The van der Waals surface area contributed by atoms with Crippen LogP contribution in [-0.4, -0.2) is 35.0 Å². The van der Waals surface area contributed by atoms with Crippen molar-refractivity contribution in [2.75, 3.05) is 19.6 Å². The van der Waals surface area contributed by atoms with Gasteiger partial charge in [0, 0.05) is 35.5 Å². The number of aryl methyl sites for hydroxylation is 1. The van der Waals surface area contributed by atoms with E-state index in [1.54, 1.807) is 6.07 Å². The highest BCUT2D eigenvalue weighted by Crippen LogP contribution is 2.31. The number of hydrogen-bond acceptors (Lipinski definition) is 2. The van der Waals surface area contributed by atoms with Gasteiger partial charge in [-0.2, -0.15) is 0 Å². The Labute approximate surface area is 158 Å². The highest BCUT2D eigenvalue weighted by atomic mass is 35.5. The molecule has 134 valence electrons. The van der Waals surface area contributed by atoms with Crippen LogP contribution in [0.1, 0.15) is 30.1 Å². The molecule has 1 aliphatic rings. The van der Waals surface area contributed by atoms with Gasteiger partial charge < -0.3 is 9.88 Å². The fourth-order valence-corrected chi connectivity index (χ4v) is 3.98. The van der Waals surface area contributed by atoms with Gasteiger partial charge in [-0.05, 0) is 55.6 Å². The third-order valence-electron chi connectivity index (χ3n) is 4.77. The number of amides is 1. The van der Waals surface area contributed by atoms with E-state index in [0.29, 0.717) is 35.6 Å². The molecule has 0 aliphatic carbocycles. The standard InChI is InChI=1S/C19H23Cl2N3O/c1-23-10-2-4-17(23)18-5-3-11-24(18)13-19(25)22-9-8-14-6-7-15(20)12-16(14)21/h2,4,6-7,10,12,18H,3,5,8-9,11,13H2,1H3,(H,22,25)/t18-/m1/s1. The van der Waals surface area contributed by atoms with Crippen molar-refractivity contribution >= 4 is 29.1 Å². The number of aromatic nitrogens is 1. The van der Waals surface area contributed by atoms with Crippen LogP contribution in [-0.2, 0) is 18.3 Å². The lowest BCUT2D eigenvalue weighted by molar-refractivity contribution is -0.122. The molecule has 1 aromatic carbocycles. The Balaban J connectivity index is 1.50. The van der Waals surface area contributed by atoms with Crippen LogP contribution in [0.4, 0.5) is 0 Å². The summed E-state index contributed by atoms with van der Waals surface area (Å²) in [5.41, 5.74) is 2.27. The molecule has 2 aromatic rings. The molecule has 0 saturated carbocycles. The molecular formula is C19H23Cl2N3O. The van der Waals surface area contributed by atoms with Gasteiger partial charge in [0.1, 0.15) is 0 Å². The van der Waals surface area contributed by atoms with E-state index in [2.05, 4.69) is 40.2 Å². The molecule has 1 aliphatic heterocycles. The number of rotatable bonds is 6. The Morgan fingerprint density at radius 1 is 1.32 bits per heavy atom. The number of nitrogens with zero attached hydrogens (tertiary/aromatic N) is 2. The van der Waals surface area contributed by atoms with Gasteiger partial charge in [-0.1, -0.05) is 29.3 Å². The van der Waals surface area contributed by atoms with Gasteiger partial charge in [-0.3, -0.25) is 9.69 Å². The number of carbonyl (C=O) groups excluding carboxylic acids is 1. The normalized spacial score (nSPS) is 17.8. The van der Waals surface area contributed by atoms with E-state index in [4.69, 9.17) is 23.2 Å². The predicted molar refractivity (Wildman–Crippen MR) is 102 cm³/mol. The molecule has 1 N–H and O–H groups in total. The lowest BCUT2D eigenvalue weighted by atomic mass is 10.1. The van der Waals surface area contributed by atoms with Gasteiger partial charge in [0.05, 0.1) is 12.6 Å². The molecule has 1 saturated heterocycles. The fourth-order valence-electron chi connectivity index (χ4n) is 3.47. The highest BCUT2D eigenvalue weighted by Gasteiger charge is 2.28. The quantitative estimate of drug-likeness (QED) is 0.827. The first kappa shape index (κ1) is 18.3. The van der Waals surface area contributed by atoms with E-state index in [1.807, 2.05) is 12.1 Å². The van der Waals surface area contributed by atoms with E-state index in [-0.39, 0.29) is 5.91 Å². The second-order valence-corrected chi connectivity index (χ2v) is 7.35. The maximum absolute atomic E-state index is 12.3. The van der Waals surface area contributed by atoms with Crippen molar-refractivity contribution in [1.29, 1.82) is 0 Å². The molecule has 25 heavy (non-hydrogen) atoms. The van der Waals surface area contributed by atoms with E-state index in [9.17, 15) is 4.79 Å². The average Bonchev–Trinajstić information content (AvgIpc) is 3.18. The molecule has 1 amide bonds. The number of benzene rings is 1. The Kier molecular flexibility index (Phi) is 6.05. The van der Waals surface area contributed by atoms with Gasteiger partial charge in [0.15, 0.2) is 0 Å². The van der Waals surface area contributed by atoms with E-state index >= 15 is 0 Å². The topological polar surface area (TPSA) is 37.3 Å². The summed E-state index contributed by atoms with van der Waals surface area (Å²) in [6.45, 7) is 1.97. The summed E-state index contributed by atoms with van der Waals surface area (Å²) in [5.74, 6) is 0.0613. The highest BCUT2D eigenvalue weighted by molar-refractivity contribution is 6.35. The van der Waals surface area contributed by atoms with Crippen LogP contribution in [0.5, 0.6) is 0 Å². The molecule has 0 radical (unpaired) electrons. The number of hydrogen-bond donors (Lipinski definition) is 1. The summed E-state index contributed by atoms with van der Waals surface area (Å²) in [7, 11) is 2.06. The van der Waals surface area contributed by atoms with Crippen LogP contribution in [0.25, 0.3) is 0 Å². The lowest BCUT2D eigenvalue weighted by Gasteiger charge is -2.24. The molecule has 0 bridgehead atoms. The summed E-state index contributed by atoms with van der Waals surface area (Å²) < 4.78 is 2.14. The van der Waals surface area contributed by atoms with E-state index < -0.39 is 0 Å². The monoisotopic (exact) mass is 379 g/mol. The van der Waals surface area contributed by atoms with Crippen molar-refractivity contribution in [2.24, 2.45) is 7.05 Å². The SMILES string of the molecule is Cn1cccc1[C@H]1CCCN1CC(=O)NCCc1ccc(Cl)cc1Cl. The van der Waals surface area contributed by atoms with Crippen molar-refractivity contribution < 1.29 is 4.79 Å². The van der Waals surface area contributed by atoms with Gasteiger partial charge in [0.2, 0.25) is 5.91 Å². The van der Waals surface area contributed by atoms with Crippen molar-refractivity contribution in [3.05, 3.63) is 57.8 Å². The molecule has 1 aromatic heterocycles. The van der Waals surface area contributed by atoms with Crippen LogP contribution in [0.15, 0.2) is 36.5 Å². The smallest absolute Gasteiger partial charge is 0.234 e. The van der Waals surface area contributed by atoms with Gasteiger partial charge in [-0.15, -0.1) is 0 Å². The Bertz CT molecular complexity index is 744. The Hall–Kier alpha value is -1.49. The van der Waals surface area contributed by atoms with Gasteiger partial charge in [0.25, 0.3) is 0 Å². The Morgan fingerprint density at radius 3 is 2.88 bits per heavy atom. The van der Waals surface area contributed by atoms with E-state index in [0.717, 1.165) is 24.9 Å². The number of nitrogens with one attached hydrogen (secondary N) is 1. The van der Waals surface area contributed by atoms with E-state index in [1.165, 1.54) is 5.69 Å². The van der Waals surface area contributed by atoms with Gasteiger partial charge in [-0.25, -0.2) is 0 Å². The maximum Gasteiger partial charge on any atom is 0.234 e. The second kappa shape index (κ2) is 8.26. The van der Waals surface area contributed by atoms with Crippen LogP contribution < -0.4 is 5.32 Å². The Morgan fingerprint density at radius 2 is 2.16 bits per heavy atom. The van der Waals surface area contributed by atoms with Gasteiger partial charge >= 0.3 is 0 Å². The molecule has 1 fully saturated rings. The zero-order valence-corrected chi connectivity index (χ0v) is 15.9. The molecule has 6 heteroatoms. The van der Waals surface area contributed by atoms with Crippen molar-refractivity contribution in [3.8, 4) is 0 Å². The van der Waals surface area contributed by atoms with Crippen molar-refractivity contribution in [3.63, 3.8) is 0 Å². The fraction of sp³-hybridized carbons (Fsp3) is 0.421. The summed E-state index contributed by atoms with van der Waals surface area (Å²) in [5, 5.41) is 4.27. The molecule has 1 atom stereocenters. The molecule has 4 nitrogen and oxygen atoms in total. The first-order valence-electron chi connectivity index (χ1n) is 8.60. The van der Waals surface area contributed by atoms with Crippen LogP contribution >= 0.6 is 23.2 Å². The molecule has 2 heterocycles. The minimum Gasteiger partial charge on any atom is -0.355 e. The lowest BCUT2D eigenvalue weighted by Crippen LogP contribution is -2.38. The zero-order valence-electron chi connectivity index (χ0n) is 14.3. The predicted octanol–water partition coefficient (Wildman–Crippen LogP) is 3.83. The molecule has 3 rings (SSSR count). The summed E-state index contributed by atoms with van der Waals surface area (Å²) >= 11 is 12.1. The summed E-state index contributed by atoms with van der Waals surface area (Å²) in [4.78, 5) is 14.6. The largest absolute Gasteiger partial charge is 0.355 e. The number of carbonyl (C=O) groups is 1. The molecular weight excluding hydrogens is 357 g/mol. The number of halogens is 2. The van der Waals surface area contributed by atoms with Crippen molar-refractivity contribution in [2.45, 2.75) is 25.3 Å². The first-order chi connectivity index (χ1) is 12.0. The average molecular weight is 380 g/mol. The summed E-state index contributed by atoms with van der Waals surface area (Å²) in [6, 6.07) is 9.98. The minimum absolute atomic E-state index is 0.0613. The minimum atomic E-state index is 0.0613. The maximum atomic E-state index is 12.3. The third-order valence-corrected chi connectivity index (χ3v) is 5.35. The number of likely N-dealkylation sites (tertiary alicyclic amines) is 1. The van der Waals surface area contributed by atoms with Crippen LogP contribution in [0, 0.1) is 0 Å². The molecule has 0 spiro atoms. The summed E-state index contributed by atoms with van der Waals surface area (Å²) in [6.07, 6.45) is 4.99. The first-order valence-corrected chi connectivity index (χ1v) is 9.36. The third kappa shape index (κ3) is 4.57. The zero-order chi connectivity index (χ0) is 17.8. The van der Waals surface area contributed by atoms with Crippen LogP contribution in [0.2, 0.25) is 10.0 Å². The molecule has 0 unspecified atom stereocenters. The second-order valence-electron chi connectivity index (χ2n) is 6.51. The van der Waals surface area contributed by atoms with Crippen LogP contribution in [0.3, 0.4) is 0 Å².